The van der Waals surface area contributed by atoms with E-state index in [9.17, 15) is 43.2 Å². The molecule has 0 aromatic heterocycles. The van der Waals surface area contributed by atoms with Gasteiger partial charge in [0.05, 0.1) is 26.4 Å². The molecule has 104 heavy (non-hydrogen) atoms. The Balaban J connectivity index is 5.21. The van der Waals surface area contributed by atoms with E-state index in [4.69, 9.17) is 37.0 Å². The molecule has 0 rings (SSSR count). The molecule has 0 aliphatic carbocycles. The number of hydrogen-bond donors (Lipinski definition) is 3. The summed E-state index contributed by atoms with van der Waals surface area (Å²) in [6.07, 6.45) is 62.6. The zero-order chi connectivity index (χ0) is 76.7. The third-order valence-electron chi connectivity index (χ3n) is 20.2. The summed E-state index contributed by atoms with van der Waals surface area (Å²) in [5.41, 5.74) is 0. The molecule has 0 heterocycles. The Hall–Kier alpha value is -1.94. The normalized spacial score (nSPS) is 14.2. The SMILES string of the molecule is CCC(C)CCCCCCCCCCCCCCCCCCCCC(=O)O[C@H](COC(=O)CCCCCCCCCCCCCCCCC(C)C)COP(=O)(O)OC[C@@H](O)COP(=O)(O)OC[C@@H](COC(=O)CCCCCCCCC(C)C)OC(=O)CCCCCCCCCCCCCCCC(C)C. The minimum atomic E-state index is -4.97. The van der Waals surface area contributed by atoms with Gasteiger partial charge in [0.25, 0.3) is 0 Å². The number of carbonyl (C=O) groups excluding carboxylic acids is 4. The summed E-state index contributed by atoms with van der Waals surface area (Å²) in [6, 6.07) is 0. The highest BCUT2D eigenvalue weighted by atomic mass is 31.2. The van der Waals surface area contributed by atoms with Crippen LogP contribution in [0.15, 0.2) is 0 Å². The Morgan fingerprint density at radius 2 is 0.462 bits per heavy atom. The highest BCUT2D eigenvalue weighted by Gasteiger charge is 2.30. The maximum Gasteiger partial charge on any atom is 0.472 e. The van der Waals surface area contributed by atoms with Crippen molar-refractivity contribution in [3.05, 3.63) is 0 Å². The third-order valence-corrected chi connectivity index (χ3v) is 22.1. The average molecular weight is 1520 g/mol. The van der Waals surface area contributed by atoms with Crippen molar-refractivity contribution < 1.29 is 80.2 Å². The lowest BCUT2D eigenvalue weighted by molar-refractivity contribution is -0.161. The number of ether oxygens (including phenoxy) is 4. The van der Waals surface area contributed by atoms with Crippen molar-refractivity contribution in [3.8, 4) is 0 Å². The predicted molar refractivity (Wildman–Crippen MR) is 428 cm³/mol. The minimum absolute atomic E-state index is 0.106. The number of aliphatic hydroxyl groups is 1. The van der Waals surface area contributed by atoms with Crippen LogP contribution in [0.2, 0.25) is 0 Å². The molecule has 0 saturated carbocycles. The van der Waals surface area contributed by atoms with Crippen LogP contribution in [0, 0.1) is 23.7 Å². The van der Waals surface area contributed by atoms with E-state index in [1.165, 1.54) is 238 Å². The van der Waals surface area contributed by atoms with Gasteiger partial charge in [-0.25, -0.2) is 9.13 Å². The predicted octanol–water partition coefficient (Wildman–Crippen LogP) is 25.6. The molecule has 0 aliphatic heterocycles. The molecule has 0 aliphatic rings. The van der Waals surface area contributed by atoms with Gasteiger partial charge in [-0.05, 0) is 49.4 Å². The Morgan fingerprint density at radius 3 is 0.683 bits per heavy atom. The Kier molecular flexibility index (Phi) is 72.5. The lowest BCUT2D eigenvalue weighted by Crippen LogP contribution is -2.30. The maximum atomic E-state index is 13.1. The van der Waals surface area contributed by atoms with E-state index in [2.05, 4.69) is 55.4 Å². The zero-order valence-electron chi connectivity index (χ0n) is 68.7. The summed E-state index contributed by atoms with van der Waals surface area (Å²) in [7, 11) is -9.93. The van der Waals surface area contributed by atoms with Crippen molar-refractivity contribution in [3.63, 3.8) is 0 Å². The van der Waals surface area contributed by atoms with Gasteiger partial charge in [-0.3, -0.25) is 37.3 Å². The molecule has 0 fully saturated rings. The minimum Gasteiger partial charge on any atom is -0.462 e. The van der Waals surface area contributed by atoms with Gasteiger partial charge in [-0.15, -0.1) is 0 Å². The van der Waals surface area contributed by atoms with Crippen molar-refractivity contribution in [1.29, 1.82) is 0 Å². The summed E-state index contributed by atoms with van der Waals surface area (Å²) < 4.78 is 68.8. The van der Waals surface area contributed by atoms with Gasteiger partial charge in [-0.1, -0.05) is 389 Å². The second kappa shape index (κ2) is 73.8. The van der Waals surface area contributed by atoms with Crippen LogP contribution < -0.4 is 0 Å². The van der Waals surface area contributed by atoms with Crippen LogP contribution in [-0.4, -0.2) is 96.7 Å². The summed E-state index contributed by atoms with van der Waals surface area (Å²) in [5.74, 6) is 1.02. The van der Waals surface area contributed by atoms with E-state index in [1.54, 1.807) is 0 Å². The first-order valence-electron chi connectivity index (χ1n) is 43.7. The largest absolute Gasteiger partial charge is 0.472 e. The lowest BCUT2D eigenvalue weighted by Gasteiger charge is -2.21. The topological polar surface area (TPSA) is 237 Å². The van der Waals surface area contributed by atoms with Gasteiger partial charge in [-0.2, -0.15) is 0 Å². The number of rotatable bonds is 82. The standard InChI is InChI=1S/C85H166O17P2/c1-9-78(8)64-56-48-39-33-27-21-14-12-10-11-13-15-23-29-35-41-51-59-67-84(89)101-80(71-95-82(87)65-57-49-40-34-28-22-17-16-19-25-31-37-45-53-61-75(2)3)73-99-103(91,92)97-69-79(86)70-98-104(93,94)100-74-81(72-96-83(88)66-58-50-44-43-47-55-63-77(6)7)102-85(90)68-60-52-42-36-30-24-18-20-26-32-38-46-54-62-76(4)5/h75-81,86H,9-74H2,1-8H3,(H,91,92)(H,93,94)/t78?,79-,80-,81-/m1/s1. The van der Waals surface area contributed by atoms with Crippen LogP contribution in [0.1, 0.15) is 441 Å². The smallest absolute Gasteiger partial charge is 0.462 e. The molecule has 0 amide bonds. The highest BCUT2D eigenvalue weighted by molar-refractivity contribution is 7.47. The Morgan fingerprint density at radius 1 is 0.269 bits per heavy atom. The van der Waals surface area contributed by atoms with Crippen molar-refractivity contribution in [2.24, 2.45) is 23.7 Å². The number of phosphoric acid groups is 2. The molecule has 17 nitrogen and oxygen atoms in total. The molecule has 3 unspecified atom stereocenters. The van der Waals surface area contributed by atoms with Crippen molar-refractivity contribution in [1.82, 2.24) is 0 Å². The molecule has 0 aromatic rings. The lowest BCUT2D eigenvalue weighted by atomic mass is 9.99. The molecule has 19 heteroatoms. The van der Waals surface area contributed by atoms with Crippen LogP contribution in [0.5, 0.6) is 0 Å². The number of hydrogen-bond acceptors (Lipinski definition) is 15. The number of carbonyl (C=O) groups is 4. The summed E-state index contributed by atoms with van der Waals surface area (Å²) >= 11 is 0. The van der Waals surface area contributed by atoms with Crippen LogP contribution in [0.3, 0.4) is 0 Å². The molecule has 0 aromatic carbocycles. The fourth-order valence-corrected chi connectivity index (χ4v) is 14.7. The molecule has 0 bridgehead atoms. The summed E-state index contributed by atoms with van der Waals surface area (Å²) in [6.45, 7) is 14.3. The van der Waals surface area contributed by atoms with E-state index < -0.39 is 97.5 Å². The fraction of sp³-hybridized carbons (Fsp3) is 0.953. The van der Waals surface area contributed by atoms with Gasteiger partial charge < -0.3 is 33.8 Å². The molecule has 0 radical (unpaired) electrons. The van der Waals surface area contributed by atoms with Crippen LogP contribution in [0.25, 0.3) is 0 Å². The molecule has 618 valence electrons. The Labute approximate surface area is 638 Å². The van der Waals surface area contributed by atoms with E-state index in [0.717, 1.165) is 114 Å². The monoisotopic (exact) mass is 1520 g/mol. The summed E-state index contributed by atoms with van der Waals surface area (Å²) in [5, 5.41) is 10.7. The number of esters is 4. The van der Waals surface area contributed by atoms with E-state index in [1.807, 2.05) is 0 Å². The quantitative estimate of drug-likeness (QED) is 0.0222. The van der Waals surface area contributed by atoms with Gasteiger partial charge in [0.2, 0.25) is 0 Å². The second-order valence-electron chi connectivity index (χ2n) is 32.2. The van der Waals surface area contributed by atoms with Crippen LogP contribution >= 0.6 is 15.6 Å². The van der Waals surface area contributed by atoms with Gasteiger partial charge in [0, 0.05) is 25.7 Å². The molecular formula is C85H166O17P2. The number of aliphatic hydroxyl groups excluding tert-OH is 1. The highest BCUT2D eigenvalue weighted by Crippen LogP contribution is 2.45. The van der Waals surface area contributed by atoms with Crippen molar-refractivity contribution in [2.45, 2.75) is 459 Å². The van der Waals surface area contributed by atoms with E-state index >= 15 is 0 Å². The van der Waals surface area contributed by atoms with E-state index in [0.29, 0.717) is 31.6 Å². The van der Waals surface area contributed by atoms with E-state index in [-0.39, 0.29) is 25.7 Å². The molecule has 0 spiro atoms. The van der Waals surface area contributed by atoms with Gasteiger partial charge in [0.15, 0.2) is 12.2 Å². The molecule has 3 N–H and O–H groups in total. The first-order chi connectivity index (χ1) is 50.1. The molecule has 6 atom stereocenters. The number of phosphoric ester groups is 2. The third kappa shape index (κ3) is 76.8. The number of unbranched alkanes of at least 4 members (excludes halogenated alkanes) is 47. The van der Waals surface area contributed by atoms with Crippen molar-refractivity contribution >= 4 is 39.5 Å². The molecule has 0 saturated heterocycles. The zero-order valence-corrected chi connectivity index (χ0v) is 70.5. The average Bonchev–Trinajstić information content (AvgIpc) is 0.949. The first kappa shape index (κ1) is 102. The molecular weight excluding hydrogens is 1350 g/mol. The van der Waals surface area contributed by atoms with Crippen LogP contribution in [0.4, 0.5) is 0 Å². The fourth-order valence-electron chi connectivity index (χ4n) is 13.1. The van der Waals surface area contributed by atoms with Crippen LogP contribution in [-0.2, 0) is 65.4 Å². The second-order valence-corrected chi connectivity index (χ2v) is 35.2. The maximum absolute atomic E-state index is 13.1. The van der Waals surface area contributed by atoms with Gasteiger partial charge >= 0.3 is 39.5 Å². The van der Waals surface area contributed by atoms with Gasteiger partial charge in [0.1, 0.15) is 19.3 Å². The summed E-state index contributed by atoms with van der Waals surface area (Å²) in [4.78, 5) is 73.1. The Bertz CT molecular complexity index is 2030. The first-order valence-corrected chi connectivity index (χ1v) is 46.7. The van der Waals surface area contributed by atoms with Crippen molar-refractivity contribution in [2.75, 3.05) is 39.6 Å².